The first-order valence-electron chi connectivity index (χ1n) is 7.74. The maximum atomic E-state index is 2.79. The predicted molar refractivity (Wildman–Crippen MR) is 75.2 cm³/mol. The van der Waals surface area contributed by atoms with Gasteiger partial charge in [-0.05, 0) is 58.0 Å². The first kappa shape index (κ1) is 13.1. The van der Waals surface area contributed by atoms with Crippen LogP contribution in [0.1, 0.15) is 65.2 Å². The number of likely N-dealkylation sites (tertiary alicyclic amines) is 1. The van der Waals surface area contributed by atoms with Crippen molar-refractivity contribution in [2.45, 2.75) is 71.3 Å². The summed E-state index contributed by atoms with van der Waals surface area (Å²) in [5.74, 6) is 0. The third-order valence-corrected chi connectivity index (χ3v) is 4.84. The lowest BCUT2D eigenvalue weighted by Gasteiger charge is -2.50. The van der Waals surface area contributed by atoms with E-state index in [4.69, 9.17) is 0 Å². The van der Waals surface area contributed by atoms with E-state index < -0.39 is 0 Å². The standard InChI is InChI=1S/C16H29N/c1-3-5-13-17-14-9-12-16(15(17)4-2)10-7-6-8-11-16/h7,10,15H,3-6,8-9,11-14H2,1-2H3. The molecule has 0 saturated carbocycles. The van der Waals surface area contributed by atoms with Gasteiger partial charge < -0.3 is 0 Å². The monoisotopic (exact) mass is 235 g/mol. The lowest BCUT2D eigenvalue weighted by atomic mass is 9.67. The number of allylic oxidation sites excluding steroid dienone is 1. The molecule has 2 aliphatic rings. The molecule has 0 aromatic carbocycles. The summed E-state index contributed by atoms with van der Waals surface area (Å²) in [6.07, 6.45) is 16.1. The minimum absolute atomic E-state index is 0.541. The van der Waals surface area contributed by atoms with E-state index in [2.05, 4.69) is 30.9 Å². The van der Waals surface area contributed by atoms with Crippen LogP contribution >= 0.6 is 0 Å². The molecule has 0 aromatic heterocycles. The van der Waals surface area contributed by atoms with Crippen molar-refractivity contribution >= 4 is 0 Å². The Hall–Kier alpha value is -0.300. The molecule has 0 bridgehead atoms. The molecule has 1 aliphatic heterocycles. The van der Waals surface area contributed by atoms with Crippen molar-refractivity contribution in [2.24, 2.45) is 5.41 Å². The van der Waals surface area contributed by atoms with Crippen molar-refractivity contribution in [3.63, 3.8) is 0 Å². The molecule has 2 rings (SSSR count). The summed E-state index contributed by atoms with van der Waals surface area (Å²) in [5.41, 5.74) is 0.541. The van der Waals surface area contributed by atoms with Gasteiger partial charge in [0.15, 0.2) is 0 Å². The summed E-state index contributed by atoms with van der Waals surface area (Å²) in [5, 5.41) is 0. The Kier molecular flexibility index (Phi) is 4.67. The van der Waals surface area contributed by atoms with E-state index in [0.717, 1.165) is 6.04 Å². The van der Waals surface area contributed by atoms with Crippen LogP contribution in [0, 0.1) is 5.41 Å². The number of nitrogens with zero attached hydrogens (tertiary/aromatic N) is 1. The van der Waals surface area contributed by atoms with Crippen LogP contribution in [-0.2, 0) is 0 Å². The zero-order chi connectivity index (χ0) is 12.1. The molecule has 2 atom stereocenters. The van der Waals surface area contributed by atoms with E-state index in [-0.39, 0.29) is 0 Å². The molecule has 0 N–H and O–H groups in total. The number of hydrogen-bond acceptors (Lipinski definition) is 1. The van der Waals surface area contributed by atoms with E-state index in [1.54, 1.807) is 0 Å². The van der Waals surface area contributed by atoms with Crippen molar-refractivity contribution in [1.29, 1.82) is 0 Å². The summed E-state index contributed by atoms with van der Waals surface area (Å²) < 4.78 is 0. The average molecular weight is 235 g/mol. The average Bonchev–Trinajstić information content (AvgIpc) is 2.37. The number of unbranched alkanes of at least 4 members (excludes halogenated alkanes) is 1. The van der Waals surface area contributed by atoms with Crippen LogP contribution in [0.2, 0.25) is 0 Å². The number of piperidine rings is 1. The third kappa shape index (κ3) is 2.76. The van der Waals surface area contributed by atoms with E-state index in [9.17, 15) is 0 Å². The minimum Gasteiger partial charge on any atom is -0.300 e. The second kappa shape index (κ2) is 6.04. The van der Waals surface area contributed by atoms with Gasteiger partial charge in [-0.25, -0.2) is 0 Å². The molecule has 1 nitrogen and oxygen atoms in total. The van der Waals surface area contributed by atoms with Crippen molar-refractivity contribution in [3.05, 3.63) is 12.2 Å². The second-order valence-electron chi connectivity index (χ2n) is 5.94. The van der Waals surface area contributed by atoms with Gasteiger partial charge in [-0.3, -0.25) is 4.90 Å². The fourth-order valence-electron chi connectivity index (χ4n) is 4.03. The molecule has 0 aromatic rings. The summed E-state index contributed by atoms with van der Waals surface area (Å²) in [7, 11) is 0. The van der Waals surface area contributed by atoms with Crippen LogP contribution in [-0.4, -0.2) is 24.0 Å². The molecule has 1 heterocycles. The highest BCUT2D eigenvalue weighted by Crippen LogP contribution is 2.45. The lowest BCUT2D eigenvalue weighted by molar-refractivity contribution is 0.0317. The first-order valence-corrected chi connectivity index (χ1v) is 7.74. The maximum absolute atomic E-state index is 2.79. The zero-order valence-electron chi connectivity index (χ0n) is 11.8. The highest BCUT2D eigenvalue weighted by molar-refractivity contribution is 5.11. The number of hydrogen-bond donors (Lipinski definition) is 0. The molecule has 1 heteroatoms. The largest absolute Gasteiger partial charge is 0.300 e. The molecule has 1 fully saturated rings. The Morgan fingerprint density at radius 2 is 2.06 bits per heavy atom. The smallest absolute Gasteiger partial charge is 0.0184 e. The molecule has 1 spiro atoms. The Balaban J connectivity index is 2.09. The number of rotatable bonds is 4. The van der Waals surface area contributed by atoms with Gasteiger partial charge in [-0.15, -0.1) is 0 Å². The van der Waals surface area contributed by atoms with Gasteiger partial charge >= 0.3 is 0 Å². The summed E-state index contributed by atoms with van der Waals surface area (Å²) in [6, 6.07) is 0.819. The van der Waals surface area contributed by atoms with Gasteiger partial charge in [0, 0.05) is 11.5 Å². The highest BCUT2D eigenvalue weighted by Gasteiger charge is 2.41. The van der Waals surface area contributed by atoms with Gasteiger partial charge in [0.25, 0.3) is 0 Å². The topological polar surface area (TPSA) is 3.24 Å². The molecule has 0 amide bonds. The third-order valence-electron chi connectivity index (χ3n) is 4.84. The van der Waals surface area contributed by atoms with Crippen molar-refractivity contribution in [3.8, 4) is 0 Å². The minimum atomic E-state index is 0.541. The van der Waals surface area contributed by atoms with Crippen molar-refractivity contribution < 1.29 is 0 Å². The lowest BCUT2D eigenvalue weighted by Crippen LogP contribution is -2.51. The molecule has 98 valence electrons. The molecular weight excluding hydrogens is 206 g/mol. The summed E-state index contributed by atoms with van der Waals surface area (Å²) in [4.78, 5) is 2.79. The Bertz CT molecular complexity index is 258. The molecule has 1 aliphatic carbocycles. The van der Waals surface area contributed by atoms with E-state index in [1.165, 1.54) is 64.5 Å². The molecule has 1 saturated heterocycles. The van der Waals surface area contributed by atoms with Crippen LogP contribution in [0.15, 0.2) is 12.2 Å². The van der Waals surface area contributed by atoms with E-state index in [1.807, 2.05) is 0 Å². The first-order chi connectivity index (χ1) is 8.32. The van der Waals surface area contributed by atoms with E-state index >= 15 is 0 Å². The Morgan fingerprint density at radius 3 is 2.71 bits per heavy atom. The fraction of sp³-hybridized carbons (Fsp3) is 0.875. The fourth-order valence-corrected chi connectivity index (χ4v) is 4.03. The van der Waals surface area contributed by atoms with Crippen molar-refractivity contribution in [2.75, 3.05) is 13.1 Å². The Morgan fingerprint density at radius 1 is 1.24 bits per heavy atom. The molecule has 2 unspecified atom stereocenters. The summed E-state index contributed by atoms with van der Waals surface area (Å²) >= 11 is 0. The van der Waals surface area contributed by atoms with Crippen LogP contribution in [0.3, 0.4) is 0 Å². The zero-order valence-corrected chi connectivity index (χ0v) is 11.8. The van der Waals surface area contributed by atoms with Crippen LogP contribution in [0.5, 0.6) is 0 Å². The Labute approximate surface area is 107 Å². The summed E-state index contributed by atoms with van der Waals surface area (Å²) in [6.45, 7) is 7.36. The van der Waals surface area contributed by atoms with Crippen LogP contribution < -0.4 is 0 Å². The quantitative estimate of drug-likeness (QED) is 0.653. The highest BCUT2D eigenvalue weighted by atomic mass is 15.2. The molecular formula is C16H29N. The van der Waals surface area contributed by atoms with Gasteiger partial charge in [-0.2, -0.15) is 0 Å². The SMILES string of the molecule is CCCCN1CCCC2(C=CCCC2)C1CC. The van der Waals surface area contributed by atoms with Gasteiger partial charge in [0.1, 0.15) is 0 Å². The second-order valence-corrected chi connectivity index (χ2v) is 5.94. The van der Waals surface area contributed by atoms with Gasteiger partial charge in [-0.1, -0.05) is 32.4 Å². The molecule has 17 heavy (non-hydrogen) atoms. The van der Waals surface area contributed by atoms with Gasteiger partial charge in [0.2, 0.25) is 0 Å². The van der Waals surface area contributed by atoms with Crippen LogP contribution in [0.25, 0.3) is 0 Å². The van der Waals surface area contributed by atoms with Gasteiger partial charge in [0.05, 0.1) is 0 Å². The molecule has 0 radical (unpaired) electrons. The maximum Gasteiger partial charge on any atom is 0.0184 e. The van der Waals surface area contributed by atoms with Crippen molar-refractivity contribution in [1.82, 2.24) is 4.90 Å². The predicted octanol–water partition coefficient (Wildman–Crippen LogP) is 4.39. The van der Waals surface area contributed by atoms with Crippen LogP contribution in [0.4, 0.5) is 0 Å². The normalized spacial score (nSPS) is 34.4. The van der Waals surface area contributed by atoms with E-state index in [0.29, 0.717) is 5.41 Å².